The highest BCUT2D eigenvalue weighted by Crippen LogP contribution is 2.31. The summed E-state index contributed by atoms with van der Waals surface area (Å²) >= 11 is 2.73. The minimum Gasteiger partial charge on any atom is -0.755 e. The maximum absolute atomic E-state index is 14.0. The number of rotatable bonds is 12. The van der Waals surface area contributed by atoms with Gasteiger partial charge in [-0.2, -0.15) is 0 Å². The first-order chi connectivity index (χ1) is 24.7. The first-order valence-electron chi connectivity index (χ1n) is 15.7. The van der Waals surface area contributed by atoms with Crippen molar-refractivity contribution < 1.29 is 28.0 Å². The van der Waals surface area contributed by atoms with Gasteiger partial charge in [0.2, 0.25) is 0 Å². The third kappa shape index (κ3) is 8.47. The van der Waals surface area contributed by atoms with Crippen LogP contribution < -0.4 is 14.4 Å². The molecule has 0 aromatic heterocycles. The molecular weight excluding hydrogens is 690 g/mol. The zero-order valence-electron chi connectivity index (χ0n) is 26.8. The fourth-order valence-corrected chi connectivity index (χ4v) is 6.26. The van der Waals surface area contributed by atoms with E-state index in [1.807, 2.05) is 78.9 Å². The van der Waals surface area contributed by atoms with Crippen molar-refractivity contribution in [2.24, 2.45) is 0 Å². The second-order valence-corrected chi connectivity index (χ2v) is 12.7. The van der Waals surface area contributed by atoms with Gasteiger partial charge in [0, 0.05) is 18.1 Å². The summed E-state index contributed by atoms with van der Waals surface area (Å²) in [4.78, 5) is 38.2. The number of halogens is 1. The second-order valence-electron chi connectivity index (χ2n) is 11.5. The van der Waals surface area contributed by atoms with Crippen molar-refractivity contribution in [3.8, 4) is 16.9 Å². The molecule has 0 spiro atoms. The van der Waals surface area contributed by atoms with E-state index in [9.17, 15) is 28.5 Å². The van der Waals surface area contributed by atoms with Gasteiger partial charge in [0.05, 0.1) is 21.9 Å². The van der Waals surface area contributed by atoms with Crippen molar-refractivity contribution in [3.05, 3.63) is 171 Å². The van der Waals surface area contributed by atoms with E-state index in [2.05, 4.69) is 5.32 Å². The van der Waals surface area contributed by atoms with Crippen molar-refractivity contribution in [2.45, 2.75) is 19.1 Å². The van der Waals surface area contributed by atoms with Crippen molar-refractivity contribution in [1.29, 1.82) is 0 Å². The van der Waals surface area contributed by atoms with Crippen LogP contribution in [0.1, 0.15) is 21.5 Å². The van der Waals surface area contributed by atoms with Crippen molar-refractivity contribution in [1.82, 2.24) is 5.32 Å². The lowest BCUT2D eigenvalue weighted by Gasteiger charge is -2.29. The first-order valence-corrected chi connectivity index (χ1v) is 17.1. The van der Waals surface area contributed by atoms with Crippen LogP contribution in [0, 0.1) is 10.1 Å². The van der Waals surface area contributed by atoms with E-state index in [0.29, 0.717) is 22.2 Å². The van der Waals surface area contributed by atoms with E-state index in [-0.39, 0.29) is 22.7 Å². The summed E-state index contributed by atoms with van der Waals surface area (Å²) in [5.41, 5.74) is 3.12. The highest BCUT2D eigenvalue weighted by Gasteiger charge is 2.30. The number of anilines is 1. The monoisotopic (exact) mass is 718 g/mol. The van der Waals surface area contributed by atoms with Crippen LogP contribution >= 0.6 is 11.6 Å². The third-order valence-electron chi connectivity index (χ3n) is 8.15. The Morgan fingerprint density at radius 3 is 2.12 bits per heavy atom. The maximum atomic E-state index is 14.0. The van der Waals surface area contributed by atoms with Crippen molar-refractivity contribution in [2.75, 3.05) is 4.31 Å². The van der Waals surface area contributed by atoms with E-state index in [4.69, 9.17) is 16.3 Å². The molecule has 1 N–H and O–H groups in total. The molecule has 0 saturated heterocycles. The number of nitrogens with one attached hydrogen (secondary N) is 1. The van der Waals surface area contributed by atoms with Gasteiger partial charge in [0.1, 0.15) is 23.4 Å². The van der Waals surface area contributed by atoms with E-state index in [1.165, 1.54) is 6.07 Å². The van der Waals surface area contributed by atoms with E-state index in [0.717, 1.165) is 39.6 Å². The number of hydrogen-bond donors (Lipinski definition) is 1. The summed E-state index contributed by atoms with van der Waals surface area (Å²) in [6.07, 6.45) is -0.108. The summed E-state index contributed by atoms with van der Waals surface area (Å²) < 4.78 is 31.3. The molecule has 0 saturated carbocycles. The number of carbonyl (C=O) groups is 2. The summed E-state index contributed by atoms with van der Waals surface area (Å²) in [5.74, 6) is -1.09. The molecule has 0 aliphatic heterocycles. The largest absolute Gasteiger partial charge is 0.755 e. The number of carbonyl (C=O) groups excluding carboxylic acids is 2. The molecule has 0 aliphatic carbocycles. The molecule has 2 atom stereocenters. The minimum absolute atomic E-state index is 0.108. The number of benzene rings is 6. The zero-order chi connectivity index (χ0) is 35.9. The van der Waals surface area contributed by atoms with Gasteiger partial charge in [-0.15, -0.1) is 0 Å². The fourth-order valence-electron chi connectivity index (χ4n) is 5.52. The van der Waals surface area contributed by atoms with Gasteiger partial charge in [-0.05, 0) is 69.4 Å². The molecule has 1 unspecified atom stereocenters. The first kappa shape index (κ1) is 35.0. The van der Waals surface area contributed by atoms with Crippen LogP contribution in [0.5, 0.6) is 5.75 Å². The lowest BCUT2D eigenvalue weighted by atomic mass is 10.0. The zero-order valence-corrected chi connectivity index (χ0v) is 28.4. The average Bonchev–Trinajstić information content (AvgIpc) is 3.15. The number of hydrogen-bond acceptors (Lipinski definition) is 7. The van der Waals surface area contributed by atoms with Crippen molar-refractivity contribution >= 4 is 56.8 Å². The molecule has 2 amide bonds. The normalized spacial score (nSPS) is 12.1. The van der Waals surface area contributed by atoms with Crippen LogP contribution in [0.4, 0.5) is 11.4 Å². The van der Waals surface area contributed by atoms with Crippen molar-refractivity contribution in [3.63, 3.8) is 0 Å². The molecule has 6 aromatic rings. The van der Waals surface area contributed by atoms with Gasteiger partial charge in [-0.25, -0.2) is 4.31 Å². The Morgan fingerprint density at radius 1 is 0.784 bits per heavy atom. The van der Waals surface area contributed by atoms with Crippen LogP contribution in [-0.4, -0.2) is 31.5 Å². The third-order valence-corrected chi connectivity index (χ3v) is 9.16. The molecule has 10 nitrogen and oxygen atoms in total. The second kappa shape index (κ2) is 15.8. The number of amides is 2. The average molecular weight is 719 g/mol. The highest BCUT2D eigenvalue weighted by molar-refractivity contribution is 7.81. The maximum Gasteiger partial charge on any atom is 0.289 e. The molecular formula is C39H29ClN3O7S-. The highest BCUT2D eigenvalue weighted by atomic mass is 35.5. The van der Waals surface area contributed by atoms with Gasteiger partial charge in [0.25, 0.3) is 17.5 Å². The van der Waals surface area contributed by atoms with Crippen LogP contribution in [-0.2, 0) is 29.1 Å². The van der Waals surface area contributed by atoms with Crippen LogP contribution in [0.25, 0.3) is 21.9 Å². The topological polar surface area (TPSA) is 142 Å². The number of nitro groups is 1. The minimum atomic E-state index is -3.21. The van der Waals surface area contributed by atoms with Crippen LogP contribution in [0.3, 0.4) is 0 Å². The van der Waals surface area contributed by atoms with Gasteiger partial charge >= 0.3 is 0 Å². The number of ether oxygens (including phenoxy) is 1. The molecule has 0 heterocycles. The van der Waals surface area contributed by atoms with Gasteiger partial charge < -0.3 is 14.6 Å². The Kier molecular flexibility index (Phi) is 10.8. The van der Waals surface area contributed by atoms with Crippen LogP contribution in [0.15, 0.2) is 140 Å². The number of fused-ring (bicyclic) bond motifs is 1. The summed E-state index contributed by atoms with van der Waals surface area (Å²) in [6.45, 7) is 0.314. The summed E-state index contributed by atoms with van der Waals surface area (Å²) in [6, 6.07) is 39.2. The smallest absolute Gasteiger partial charge is 0.289 e. The fraction of sp³-hybridized carbons (Fsp3) is 0.0769. The Morgan fingerprint density at radius 2 is 1.43 bits per heavy atom. The van der Waals surface area contributed by atoms with E-state index >= 15 is 0 Å². The van der Waals surface area contributed by atoms with E-state index in [1.54, 1.807) is 42.5 Å². The number of nitro benzene ring substituents is 1. The van der Waals surface area contributed by atoms with Gasteiger partial charge in [-0.1, -0.05) is 109 Å². The lowest BCUT2D eigenvalue weighted by Crippen LogP contribution is -2.50. The number of nitrogens with zero attached hydrogens (tertiary/aromatic N) is 2. The van der Waals surface area contributed by atoms with E-state index < -0.39 is 39.7 Å². The molecule has 0 bridgehead atoms. The molecule has 6 aromatic carbocycles. The molecule has 12 heteroatoms. The standard InChI is InChI=1S/C39H30ClN3O7S/c40-35-21-18-33(24-37(35)43(46)47)42(51(48)49)39(45)36(41-38(44)32-17-16-29-8-4-5-9-31(29)23-32)22-26-12-19-34(20-13-26)50-25-27-10-14-30(15-11-27)28-6-2-1-3-7-28/h1-21,23-24,36H,22,25H2,(H,41,44)(H,48,49)/p-1/t36-/m0/s1. The Balaban J connectivity index is 1.22. The molecule has 0 fully saturated rings. The molecule has 51 heavy (non-hydrogen) atoms. The lowest BCUT2D eigenvalue weighted by molar-refractivity contribution is -0.384. The Bertz CT molecular complexity index is 2230. The Hall–Kier alpha value is -5.88. The molecule has 256 valence electrons. The predicted octanol–water partition coefficient (Wildman–Crippen LogP) is 7.82. The molecule has 0 aliphatic rings. The van der Waals surface area contributed by atoms with Gasteiger partial charge in [0.15, 0.2) is 0 Å². The van der Waals surface area contributed by atoms with Crippen LogP contribution in [0.2, 0.25) is 5.02 Å². The predicted molar refractivity (Wildman–Crippen MR) is 196 cm³/mol. The quantitative estimate of drug-likeness (QED) is 0.0773. The van der Waals surface area contributed by atoms with Gasteiger partial charge in [-0.3, -0.25) is 23.9 Å². The summed E-state index contributed by atoms with van der Waals surface area (Å²) in [7, 11) is 0. The SMILES string of the molecule is O=C(N[C@@H](Cc1ccc(OCc2ccc(-c3ccccc3)cc2)cc1)C(=O)N(c1ccc(Cl)c([N+](=O)[O-])c1)S(=O)[O-])c1ccc2ccccc2c1. The molecule has 0 radical (unpaired) electrons. The Labute approximate surface area is 300 Å². The molecule has 6 rings (SSSR count). The summed E-state index contributed by atoms with van der Waals surface area (Å²) in [5, 5.41) is 15.7.